The summed E-state index contributed by atoms with van der Waals surface area (Å²) in [5.74, 6) is -0.726. The third kappa shape index (κ3) is 5.16. The third-order valence-corrected chi connectivity index (χ3v) is 4.06. The predicted molar refractivity (Wildman–Crippen MR) is 83.1 cm³/mol. The van der Waals surface area contributed by atoms with E-state index in [4.69, 9.17) is 0 Å². The quantitative estimate of drug-likeness (QED) is 0.762. The molecule has 120 valence electrons. The van der Waals surface area contributed by atoms with Crippen LogP contribution in [0, 0.1) is 5.41 Å². The molecular weight excluding hydrogens is 268 g/mol. The van der Waals surface area contributed by atoms with E-state index < -0.39 is 11.4 Å². The fourth-order valence-corrected chi connectivity index (χ4v) is 2.65. The second-order valence-electron chi connectivity index (χ2n) is 6.54. The monoisotopic (exact) mass is 296 g/mol. The molecule has 0 radical (unpaired) electrons. The molecule has 1 N–H and O–H groups in total. The van der Waals surface area contributed by atoms with E-state index in [2.05, 4.69) is 0 Å². The lowest BCUT2D eigenvalue weighted by Crippen LogP contribution is -2.50. The normalized spacial score (nSPS) is 22.2. The van der Waals surface area contributed by atoms with E-state index in [1.54, 1.807) is 4.90 Å². The molecule has 0 spiro atoms. The smallest absolute Gasteiger partial charge is 0.311 e. The van der Waals surface area contributed by atoms with Crippen LogP contribution < -0.4 is 0 Å². The SMILES string of the molecule is CC(C)=CC[C@]1(C(=O)O)CCCN(C(=O)CCN(C)C)C1. The van der Waals surface area contributed by atoms with Gasteiger partial charge in [0.05, 0.1) is 5.41 Å². The molecule has 0 aromatic carbocycles. The van der Waals surface area contributed by atoms with Crippen LogP contribution in [0.2, 0.25) is 0 Å². The van der Waals surface area contributed by atoms with Gasteiger partial charge in [-0.05, 0) is 47.2 Å². The summed E-state index contributed by atoms with van der Waals surface area (Å²) in [6.07, 6.45) is 4.33. The van der Waals surface area contributed by atoms with Crippen molar-refractivity contribution in [3.63, 3.8) is 0 Å². The maximum absolute atomic E-state index is 12.2. The average Bonchev–Trinajstić information content (AvgIpc) is 2.42. The van der Waals surface area contributed by atoms with Gasteiger partial charge in [0.25, 0.3) is 0 Å². The largest absolute Gasteiger partial charge is 0.481 e. The Bertz CT molecular complexity index is 414. The van der Waals surface area contributed by atoms with E-state index in [9.17, 15) is 14.7 Å². The van der Waals surface area contributed by atoms with Crippen molar-refractivity contribution in [3.8, 4) is 0 Å². The summed E-state index contributed by atoms with van der Waals surface area (Å²) in [6, 6.07) is 0. The maximum atomic E-state index is 12.2. The number of carboxylic acids is 1. The van der Waals surface area contributed by atoms with Crippen LogP contribution in [0.3, 0.4) is 0 Å². The number of nitrogens with zero attached hydrogens (tertiary/aromatic N) is 2. The zero-order chi connectivity index (χ0) is 16.0. The zero-order valence-corrected chi connectivity index (χ0v) is 13.7. The highest BCUT2D eigenvalue weighted by Gasteiger charge is 2.42. The molecule has 1 heterocycles. The van der Waals surface area contributed by atoms with Gasteiger partial charge in [-0.25, -0.2) is 0 Å². The molecule has 0 unspecified atom stereocenters. The first-order chi connectivity index (χ1) is 9.77. The van der Waals surface area contributed by atoms with Crippen LogP contribution in [-0.4, -0.2) is 60.5 Å². The van der Waals surface area contributed by atoms with E-state index >= 15 is 0 Å². The summed E-state index contributed by atoms with van der Waals surface area (Å²) in [5.41, 5.74) is 0.301. The summed E-state index contributed by atoms with van der Waals surface area (Å²) in [6.45, 7) is 5.65. The Labute approximate surface area is 127 Å². The molecule has 1 fully saturated rings. The molecule has 5 nitrogen and oxygen atoms in total. The highest BCUT2D eigenvalue weighted by atomic mass is 16.4. The standard InChI is InChI=1S/C16H28N2O3/c1-13(2)6-9-16(15(20)21)8-5-10-18(12-16)14(19)7-11-17(3)4/h6H,5,7-12H2,1-4H3,(H,20,21)/t16-/m1/s1. The van der Waals surface area contributed by atoms with Gasteiger partial charge in [-0.15, -0.1) is 0 Å². The lowest BCUT2D eigenvalue weighted by atomic mass is 9.76. The fraction of sp³-hybridized carbons (Fsp3) is 0.750. The van der Waals surface area contributed by atoms with Crippen molar-refractivity contribution >= 4 is 11.9 Å². The second-order valence-corrected chi connectivity index (χ2v) is 6.54. The Kier molecular flexibility index (Phi) is 6.40. The van der Waals surface area contributed by atoms with Crippen molar-refractivity contribution in [3.05, 3.63) is 11.6 Å². The predicted octanol–water partition coefficient (Wildman–Crippen LogP) is 1.99. The molecule has 0 saturated carbocycles. The molecule has 5 heteroatoms. The number of amides is 1. The van der Waals surface area contributed by atoms with Gasteiger partial charge in [0.1, 0.15) is 0 Å². The van der Waals surface area contributed by atoms with Gasteiger partial charge >= 0.3 is 5.97 Å². The summed E-state index contributed by atoms with van der Waals surface area (Å²) >= 11 is 0. The van der Waals surface area contributed by atoms with Crippen LogP contribution in [0.4, 0.5) is 0 Å². The van der Waals surface area contributed by atoms with Crippen LogP contribution in [0.1, 0.15) is 39.5 Å². The van der Waals surface area contributed by atoms with Crippen LogP contribution in [0.25, 0.3) is 0 Å². The Morgan fingerprint density at radius 1 is 1.33 bits per heavy atom. The number of carbonyl (C=O) groups excluding carboxylic acids is 1. The van der Waals surface area contributed by atoms with E-state index in [0.29, 0.717) is 38.9 Å². The summed E-state index contributed by atoms with van der Waals surface area (Å²) in [5, 5.41) is 9.64. The van der Waals surface area contributed by atoms with E-state index in [-0.39, 0.29) is 5.91 Å². The topological polar surface area (TPSA) is 60.9 Å². The number of hydrogen-bond acceptors (Lipinski definition) is 3. The first-order valence-electron chi connectivity index (χ1n) is 7.56. The molecule has 1 aliphatic rings. The molecule has 21 heavy (non-hydrogen) atoms. The molecule has 1 rings (SSSR count). The van der Waals surface area contributed by atoms with Gasteiger partial charge < -0.3 is 14.9 Å². The number of rotatable bonds is 6. The van der Waals surface area contributed by atoms with Crippen molar-refractivity contribution in [2.45, 2.75) is 39.5 Å². The van der Waals surface area contributed by atoms with E-state index in [1.807, 2.05) is 38.9 Å². The minimum Gasteiger partial charge on any atom is -0.481 e. The first-order valence-corrected chi connectivity index (χ1v) is 7.56. The van der Waals surface area contributed by atoms with Gasteiger partial charge in [-0.1, -0.05) is 11.6 Å². The third-order valence-electron chi connectivity index (χ3n) is 4.06. The Balaban J connectivity index is 2.76. The fourth-order valence-electron chi connectivity index (χ4n) is 2.65. The summed E-state index contributed by atoms with van der Waals surface area (Å²) in [4.78, 5) is 27.7. The highest BCUT2D eigenvalue weighted by molar-refractivity contribution is 5.80. The van der Waals surface area contributed by atoms with Crippen LogP contribution in [0.5, 0.6) is 0 Å². The number of carboxylic acid groups (broad SMARTS) is 1. The van der Waals surface area contributed by atoms with Crippen molar-refractivity contribution < 1.29 is 14.7 Å². The van der Waals surface area contributed by atoms with Gasteiger partial charge in [-0.2, -0.15) is 0 Å². The number of allylic oxidation sites excluding steroid dienone is 2. The molecule has 0 bridgehead atoms. The molecule has 1 saturated heterocycles. The first kappa shape index (κ1) is 17.7. The molecule has 0 aromatic heterocycles. The van der Waals surface area contributed by atoms with E-state index in [0.717, 1.165) is 12.0 Å². The minimum absolute atomic E-state index is 0.0613. The van der Waals surface area contributed by atoms with Crippen molar-refractivity contribution in [1.82, 2.24) is 9.80 Å². The van der Waals surface area contributed by atoms with Gasteiger partial charge in [-0.3, -0.25) is 9.59 Å². The van der Waals surface area contributed by atoms with Gasteiger partial charge in [0.2, 0.25) is 5.91 Å². The van der Waals surface area contributed by atoms with Crippen LogP contribution in [-0.2, 0) is 9.59 Å². The molecule has 1 amide bonds. The molecule has 1 aliphatic heterocycles. The minimum atomic E-state index is -0.816. The van der Waals surface area contributed by atoms with Crippen molar-refractivity contribution in [2.24, 2.45) is 5.41 Å². The average molecular weight is 296 g/mol. The summed E-state index contributed by atoms with van der Waals surface area (Å²) < 4.78 is 0. The Hall–Kier alpha value is -1.36. The Morgan fingerprint density at radius 2 is 2.00 bits per heavy atom. The summed E-state index contributed by atoms with van der Waals surface area (Å²) in [7, 11) is 3.86. The molecular formula is C16H28N2O3. The van der Waals surface area contributed by atoms with Crippen molar-refractivity contribution in [1.29, 1.82) is 0 Å². The van der Waals surface area contributed by atoms with Gasteiger partial charge in [0.15, 0.2) is 0 Å². The molecule has 0 aliphatic carbocycles. The lowest BCUT2D eigenvalue weighted by Gasteiger charge is -2.39. The van der Waals surface area contributed by atoms with Crippen LogP contribution >= 0.6 is 0 Å². The van der Waals surface area contributed by atoms with Crippen molar-refractivity contribution in [2.75, 3.05) is 33.7 Å². The highest BCUT2D eigenvalue weighted by Crippen LogP contribution is 2.35. The zero-order valence-electron chi connectivity index (χ0n) is 13.7. The van der Waals surface area contributed by atoms with Crippen LogP contribution in [0.15, 0.2) is 11.6 Å². The number of piperidine rings is 1. The Morgan fingerprint density at radius 3 is 2.52 bits per heavy atom. The number of hydrogen-bond donors (Lipinski definition) is 1. The second kappa shape index (κ2) is 7.59. The number of carbonyl (C=O) groups is 2. The van der Waals surface area contributed by atoms with Gasteiger partial charge in [0, 0.05) is 26.1 Å². The lowest BCUT2D eigenvalue weighted by molar-refractivity contribution is -0.154. The number of likely N-dealkylation sites (tertiary alicyclic amines) is 1. The maximum Gasteiger partial charge on any atom is 0.311 e. The van der Waals surface area contributed by atoms with E-state index in [1.165, 1.54) is 0 Å². The molecule has 0 aromatic rings. The number of aliphatic carboxylic acids is 1. The molecule has 1 atom stereocenters.